The van der Waals surface area contributed by atoms with E-state index in [1.54, 1.807) is 23.9 Å². The second-order valence-electron chi connectivity index (χ2n) is 5.83. The molecule has 0 bridgehead atoms. The van der Waals surface area contributed by atoms with Gasteiger partial charge in [0.2, 0.25) is 0 Å². The molecule has 1 saturated heterocycles. The molecule has 0 aliphatic carbocycles. The predicted octanol–water partition coefficient (Wildman–Crippen LogP) is 4.10. The summed E-state index contributed by atoms with van der Waals surface area (Å²) in [5.74, 6) is -0.699. The van der Waals surface area contributed by atoms with Crippen LogP contribution in [0.3, 0.4) is 0 Å². The minimum Gasteiger partial charge on any atom is -0.481 e. The van der Waals surface area contributed by atoms with E-state index in [0.717, 1.165) is 37.9 Å². The number of aliphatic carboxylic acids is 1. The molecule has 0 aromatic carbocycles. The maximum Gasteiger partial charge on any atom is 0.304 e. The first-order valence-electron chi connectivity index (χ1n) is 7.96. The van der Waals surface area contributed by atoms with Gasteiger partial charge in [0.1, 0.15) is 0 Å². The van der Waals surface area contributed by atoms with Crippen molar-refractivity contribution in [1.82, 2.24) is 4.90 Å². The second-order valence-corrected chi connectivity index (χ2v) is 6.77. The molecule has 4 nitrogen and oxygen atoms in total. The molecule has 5 heteroatoms. The zero-order chi connectivity index (χ0) is 16.1. The molecular formula is C18H21NO3S. The van der Waals surface area contributed by atoms with E-state index in [1.165, 1.54) is 10.5 Å². The first-order valence-corrected chi connectivity index (χ1v) is 8.84. The molecule has 0 saturated carbocycles. The Kier molecular flexibility index (Phi) is 5.31. The van der Waals surface area contributed by atoms with E-state index in [4.69, 9.17) is 9.52 Å². The van der Waals surface area contributed by atoms with Crippen molar-refractivity contribution in [2.45, 2.75) is 31.7 Å². The van der Waals surface area contributed by atoms with Crippen LogP contribution in [0.2, 0.25) is 0 Å². The molecule has 3 heterocycles. The fraction of sp³-hybridized carbons (Fsp3) is 0.389. The molecular weight excluding hydrogens is 310 g/mol. The summed E-state index contributed by atoms with van der Waals surface area (Å²) in [5.41, 5.74) is 2.29. The lowest BCUT2D eigenvalue weighted by molar-refractivity contribution is -0.138. The molecule has 0 unspecified atom stereocenters. The summed E-state index contributed by atoms with van der Waals surface area (Å²) in [7, 11) is 0. The van der Waals surface area contributed by atoms with Gasteiger partial charge in [-0.25, -0.2) is 0 Å². The van der Waals surface area contributed by atoms with E-state index in [1.807, 2.05) is 6.07 Å². The fourth-order valence-corrected chi connectivity index (χ4v) is 4.00. The molecule has 1 atom stereocenters. The van der Waals surface area contributed by atoms with Gasteiger partial charge in [0, 0.05) is 23.0 Å². The Balaban J connectivity index is 1.66. The normalized spacial score (nSPS) is 19.3. The molecule has 1 fully saturated rings. The topological polar surface area (TPSA) is 53.7 Å². The van der Waals surface area contributed by atoms with Crippen molar-refractivity contribution in [3.63, 3.8) is 0 Å². The highest BCUT2D eigenvalue weighted by Crippen LogP contribution is 2.28. The summed E-state index contributed by atoms with van der Waals surface area (Å²) in [4.78, 5) is 14.5. The fourth-order valence-electron chi connectivity index (χ4n) is 3.21. The summed E-state index contributed by atoms with van der Waals surface area (Å²) in [5, 5.41) is 11.1. The van der Waals surface area contributed by atoms with Crippen molar-refractivity contribution < 1.29 is 14.3 Å². The third kappa shape index (κ3) is 4.12. The Labute approximate surface area is 140 Å². The summed E-state index contributed by atoms with van der Waals surface area (Å²) in [6.45, 7) is 1.91. The Morgan fingerprint density at radius 3 is 3.09 bits per heavy atom. The summed E-state index contributed by atoms with van der Waals surface area (Å²) in [6.07, 6.45) is 8.97. The monoisotopic (exact) mass is 331 g/mol. The molecule has 1 aliphatic rings. The zero-order valence-electron chi connectivity index (χ0n) is 13.0. The van der Waals surface area contributed by atoms with Crippen LogP contribution in [0.5, 0.6) is 0 Å². The lowest BCUT2D eigenvalue weighted by Crippen LogP contribution is -2.32. The van der Waals surface area contributed by atoms with Crippen molar-refractivity contribution in [3.05, 3.63) is 52.6 Å². The van der Waals surface area contributed by atoms with Crippen molar-refractivity contribution in [2.75, 3.05) is 13.1 Å². The number of thiophene rings is 1. The van der Waals surface area contributed by atoms with E-state index >= 15 is 0 Å². The Morgan fingerprint density at radius 2 is 2.39 bits per heavy atom. The number of nitrogens with zero attached hydrogens (tertiary/aromatic N) is 1. The number of likely N-dealkylation sites (tertiary alicyclic amines) is 1. The average Bonchev–Trinajstić information content (AvgIpc) is 3.26. The van der Waals surface area contributed by atoms with Crippen LogP contribution in [0.4, 0.5) is 0 Å². The molecule has 1 N–H and O–H groups in total. The largest absolute Gasteiger partial charge is 0.481 e. The number of carboxylic acids is 1. The summed E-state index contributed by atoms with van der Waals surface area (Å²) in [6, 6.07) is 6.35. The molecule has 2 aromatic rings. The van der Waals surface area contributed by atoms with Gasteiger partial charge in [-0.1, -0.05) is 12.1 Å². The van der Waals surface area contributed by atoms with Crippen LogP contribution >= 0.6 is 11.3 Å². The number of furan rings is 1. The molecule has 122 valence electrons. The Bertz CT molecular complexity index is 610. The molecule has 23 heavy (non-hydrogen) atoms. The van der Waals surface area contributed by atoms with Crippen molar-refractivity contribution >= 4 is 22.9 Å². The predicted molar refractivity (Wildman–Crippen MR) is 91.6 cm³/mol. The van der Waals surface area contributed by atoms with E-state index in [-0.39, 0.29) is 12.5 Å². The highest BCUT2D eigenvalue weighted by molar-refractivity contribution is 7.11. The van der Waals surface area contributed by atoms with Gasteiger partial charge >= 0.3 is 5.97 Å². The molecule has 3 rings (SSSR count). The maximum absolute atomic E-state index is 10.9. The average molecular weight is 331 g/mol. The van der Waals surface area contributed by atoms with Crippen LogP contribution in [0.25, 0.3) is 5.57 Å². The van der Waals surface area contributed by atoms with Gasteiger partial charge in [-0.3, -0.25) is 9.69 Å². The Hall–Kier alpha value is -1.85. The van der Waals surface area contributed by atoms with Crippen LogP contribution in [0, 0.1) is 0 Å². The number of hydrogen-bond donors (Lipinski definition) is 1. The minimum atomic E-state index is -0.699. The van der Waals surface area contributed by atoms with Crippen LogP contribution in [-0.4, -0.2) is 35.1 Å². The summed E-state index contributed by atoms with van der Waals surface area (Å²) >= 11 is 1.72. The third-order valence-corrected chi connectivity index (χ3v) is 5.20. The van der Waals surface area contributed by atoms with Crippen LogP contribution < -0.4 is 0 Å². The maximum atomic E-state index is 10.9. The number of hydrogen-bond acceptors (Lipinski definition) is 4. The van der Waals surface area contributed by atoms with Gasteiger partial charge in [-0.05, 0) is 48.9 Å². The first kappa shape index (κ1) is 16.0. The zero-order valence-corrected chi connectivity index (χ0v) is 13.8. The highest BCUT2D eigenvalue weighted by Gasteiger charge is 2.25. The van der Waals surface area contributed by atoms with E-state index in [2.05, 4.69) is 28.5 Å². The molecule has 0 spiro atoms. The van der Waals surface area contributed by atoms with Gasteiger partial charge in [0.15, 0.2) is 0 Å². The minimum absolute atomic E-state index is 0.194. The smallest absolute Gasteiger partial charge is 0.304 e. The van der Waals surface area contributed by atoms with E-state index in [9.17, 15) is 4.79 Å². The van der Waals surface area contributed by atoms with Crippen LogP contribution in [0.1, 0.15) is 36.1 Å². The standard InChI is InChI=1S/C18H21NO3S/c20-18(21)12-15-4-1-8-19(15)9-2-5-16(14-7-10-22-13-14)17-6-3-11-23-17/h3,5-7,10-11,13,15H,1-2,4,8-9,12H2,(H,20,21)/t15-/m0/s1. The van der Waals surface area contributed by atoms with Gasteiger partial charge in [0.05, 0.1) is 18.9 Å². The van der Waals surface area contributed by atoms with Gasteiger partial charge in [0.25, 0.3) is 0 Å². The molecule has 0 amide bonds. The van der Waals surface area contributed by atoms with Crippen molar-refractivity contribution in [2.24, 2.45) is 0 Å². The van der Waals surface area contributed by atoms with Crippen LogP contribution in [0.15, 0.2) is 46.6 Å². The highest BCUT2D eigenvalue weighted by atomic mass is 32.1. The van der Waals surface area contributed by atoms with Crippen LogP contribution in [-0.2, 0) is 4.79 Å². The van der Waals surface area contributed by atoms with E-state index in [0.29, 0.717) is 0 Å². The van der Waals surface area contributed by atoms with Crippen molar-refractivity contribution in [3.8, 4) is 0 Å². The quantitative estimate of drug-likeness (QED) is 0.830. The first-order chi connectivity index (χ1) is 11.2. The van der Waals surface area contributed by atoms with Gasteiger partial charge in [-0.15, -0.1) is 11.3 Å². The summed E-state index contributed by atoms with van der Waals surface area (Å²) < 4.78 is 5.22. The number of rotatable bonds is 7. The van der Waals surface area contributed by atoms with Gasteiger partial charge < -0.3 is 9.52 Å². The Morgan fingerprint density at radius 1 is 1.48 bits per heavy atom. The second kappa shape index (κ2) is 7.62. The number of carboxylic acid groups (broad SMARTS) is 1. The molecule has 1 aliphatic heterocycles. The lowest BCUT2D eigenvalue weighted by atomic mass is 10.1. The van der Waals surface area contributed by atoms with Gasteiger partial charge in [-0.2, -0.15) is 0 Å². The molecule has 0 radical (unpaired) electrons. The van der Waals surface area contributed by atoms with E-state index < -0.39 is 5.97 Å². The lowest BCUT2D eigenvalue weighted by Gasteiger charge is -2.22. The molecule has 2 aromatic heterocycles. The SMILES string of the molecule is O=C(O)C[C@@H]1CCCN1CCC=C(c1ccoc1)c1cccs1. The third-order valence-electron chi connectivity index (χ3n) is 4.29. The number of carbonyl (C=O) groups is 1. The van der Waals surface area contributed by atoms with Crippen molar-refractivity contribution in [1.29, 1.82) is 0 Å².